The molecule has 1 spiro atoms. The van der Waals surface area contributed by atoms with Crippen LogP contribution in [0, 0.1) is 17.3 Å². The van der Waals surface area contributed by atoms with Gasteiger partial charge in [-0.3, -0.25) is 0 Å². The van der Waals surface area contributed by atoms with Gasteiger partial charge < -0.3 is 9.84 Å². The Morgan fingerprint density at radius 3 is 2.50 bits per heavy atom. The summed E-state index contributed by atoms with van der Waals surface area (Å²) in [5.41, 5.74) is -0.270. The van der Waals surface area contributed by atoms with E-state index < -0.39 is 17.6 Å². The molecule has 0 aromatic heterocycles. The molecule has 3 rings (SSSR count). The molecule has 112 valence electrons. The first-order chi connectivity index (χ1) is 9.22. The van der Waals surface area contributed by atoms with Crippen molar-refractivity contribution in [1.82, 2.24) is 4.90 Å². The summed E-state index contributed by atoms with van der Waals surface area (Å²) in [5, 5.41) is 9.42. The third kappa shape index (κ3) is 2.38. The summed E-state index contributed by atoms with van der Waals surface area (Å²) in [6, 6.07) is -0.621. The van der Waals surface area contributed by atoms with Crippen molar-refractivity contribution in [2.75, 3.05) is 6.54 Å². The van der Waals surface area contributed by atoms with E-state index in [4.69, 9.17) is 0 Å². The first kappa shape index (κ1) is 13.7. The van der Waals surface area contributed by atoms with E-state index in [1.165, 1.54) is 12.8 Å². The Morgan fingerprint density at radius 1 is 1.35 bits per heavy atom. The molecule has 1 amide bonds. The Bertz CT molecular complexity index is 451. The zero-order chi connectivity index (χ0) is 14.7. The van der Waals surface area contributed by atoms with E-state index in [2.05, 4.69) is 4.74 Å². The normalized spacial score (nSPS) is 36.2. The maximum atomic E-state index is 11.5. The zero-order valence-corrected chi connectivity index (χ0v) is 12.5. The van der Waals surface area contributed by atoms with Gasteiger partial charge in [0.1, 0.15) is 6.04 Å². The summed E-state index contributed by atoms with van der Waals surface area (Å²) in [5.74, 6) is 0.641. The predicted molar refractivity (Wildman–Crippen MR) is 74.9 cm³/mol. The van der Waals surface area contributed by atoms with Gasteiger partial charge in [0.2, 0.25) is 0 Å². The molecule has 1 aliphatic heterocycles. The lowest BCUT2D eigenvalue weighted by atomic mass is 9.98. The first-order valence-corrected chi connectivity index (χ1v) is 7.50. The first-order valence-electron chi connectivity index (χ1n) is 7.50. The van der Waals surface area contributed by atoms with Crippen molar-refractivity contribution in [2.45, 2.75) is 58.1 Å². The highest BCUT2D eigenvalue weighted by atomic mass is 16.6. The largest absolute Gasteiger partial charge is 0.754 e. The van der Waals surface area contributed by atoms with Crippen molar-refractivity contribution in [3.8, 4) is 0 Å². The van der Waals surface area contributed by atoms with E-state index in [1.807, 2.05) is 20.8 Å². The maximum absolute atomic E-state index is 11.5. The summed E-state index contributed by atoms with van der Waals surface area (Å²) in [6.07, 6.45) is 4.27. The van der Waals surface area contributed by atoms with Crippen molar-refractivity contribution < 1.29 is 19.4 Å². The van der Waals surface area contributed by atoms with Crippen LogP contribution in [0.3, 0.4) is 0 Å². The molecule has 3 atom stereocenters. The van der Waals surface area contributed by atoms with Crippen LogP contribution in [0.25, 0.3) is 0 Å². The lowest BCUT2D eigenvalue weighted by Gasteiger charge is -2.19. The number of aliphatic carboxylic acids is 1. The number of carbonyl (C=O) groups is 1. The van der Waals surface area contributed by atoms with E-state index in [1.54, 1.807) is 4.90 Å². The molecule has 0 radical (unpaired) electrons. The fraction of sp³-hybridized carbons (Fsp3) is 0.867. The van der Waals surface area contributed by atoms with E-state index in [0.29, 0.717) is 18.9 Å². The minimum atomic E-state index is -0.848. The summed E-state index contributed by atoms with van der Waals surface area (Å²) in [7, 11) is 0. The van der Waals surface area contributed by atoms with Crippen LogP contribution >= 0.6 is 0 Å². The lowest BCUT2D eigenvalue weighted by Crippen LogP contribution is -2.46. The van der Waals surface area contributed by atoms with Crippen LogP contribution in [0.2, 0.25) is 0 Å². The molecule has 0 unspecified atom stereocenters. The Hall–Kier alpha value is -1.26. The average Bonchev–Trinajstić information content (AvgIpc) is 3.13. The topological polar surface area (TPSA) is 74.7 Å². The monoisotopic (exact) mass is 283 g/mol. The molecule has 3 N–H and O–H groups in total. The zero-order valence-electron chi connectivity index (χ0n) is 12.5. The van der Waals surface area contributed by atoms with Gasteiger partial charge in [-0.15, -0.1) is 0 Å². The molecular weight excluding hydrogens is 258 g/mol. The minimum Gasteiger partial charge on any atom is -0.490 e. The van der Waals surface area contributed by atoms with Gasteiger partial charge in [-0.2, -0.15) is 9.69 Å². The SMILES string of the molecule is CC(C)(C)[OH+]C(=[OH+])N1C[C@]2(C[C@H]1C(=O)O)C[C@H]2C1CC1. The summed E-state index contributed by atoms with van der Waals surface area (Å²) < 4.78 is 4.24. The number of nitrogens with zero attached hydrogens (tertiary/aromatic N) is 1. The van der Waals surface area contributed by atoms with E-state index in [9.17, 15) is 14.7 Å². The Labute approximate surface area is 119 Å². The van der Waals surface area contributed by atoms with Crippen molar-refractivity contribution in [2.24, 2.45) is 17.3 Å². The molecule has 1 saturated heterocycles. The van der Waals surface area contributed by atoms with Crippen molar-refractivity contribution in [1.29, 1.82) is 0 Å². The molecule has 2 saturated carbocycles. The number of carboxylic acids is 1. The standard InChI is InChI=1S/C15H23NO4/c1-14(2,3)20-13(19)16-8-15(7-11(16)12(17)18)6-10(15)9-4-5-9/h9-11H,4-8H2,1-3H3,(H,17,18)/p+2/t10-,11-,15+/m0/s1. The molecule has 3 fully saturated rings. The third-order valence-electron chi connectivity index (χ3n) is 4.88. The Balaban J connectivity index is 1.72. The number of hydrogen-bond donors (Lipinski definition) is 1. The van der Waals surface area contributed by atoms with Crippen molar-refractivity contribution in [3.63, 3.8) is 0 Å². The quantitative estimate of drug-likeness (QED) is 0.777. The number of ether oxygens (including phenoxy) is 1. The van der Waals surface area contributed by atoms with E-state index >= 15 is 0 Å². The second-order valence-corrected chi connectivity index (χ2v) is 7.78. The van der Waals surface area contributed by atoms with Gasteiger partial charge in [-0.05, 0) is 42.9 Å². The average molecular weight is 283 g/mol. The van der Waals surface area contributed by atoms with Crippen LogP contribution in [-0.2, 0) is 4.79 Å². The number of carboxylic acid groups (broad SMARTS) is 1. The molecule has 0 aromatic carbocycles. The van der Waals surface area contributed by atoms with Crippen molar-refractivity contribution >= 4 is 12.1 Å². The van der Waals surface area contributed by atoms with Gasteiger partial charge in [0, 0.05) is 27.3 Å². The maximum Gasteiger partial charge on any atom is 0.754 e. The van der Waals surface area contributed by atoms with Crippen LogP contribution in [0.4, 0.5) is 0 Å². The van der Waals surface area contributed by atoms with Crippen LogP contribution in [0.5, 0.6) is 0 Å². The van der Waals surface area contributed by atoms with Crippen molar-refractivity contribution in [3.05, 3.63) is 0 Å². The molecule has 2 aliphatic carbocycles. The van der Waals surface area contributed by atoms with Crippen LogP contribution in [-0.4, -0.2) is 49.8 Å². The van der Waals surface area contributed by atoms with Crippen LogP contribution in [0.1, 0.15) is 46.5 Å². The van der Waals surface area contributed by atoms with Gasteiger partial charge in [0.25, 0.3) is 0 Å². The lowest BCUT2D eigenvalue weighted by molar-refractivity contribution is -0.143. The highest BCUT2D eigenvalue weighted by Crippen LogP contribution is 2.67. The van der Waals surface area contributed by atoms with Gasteiger partial charge in [-0.1, -0.05) is 0 Å². The second kappa shape index (κ2) is 4.12. The van der Waals surface area contributed by atoms with Gasteiger partial charge in [-0.25, -0.2) is 4.79 Å². The molecule has 0 aromatic rings. The number of aliphatic hydroxyl groups is 1. The van der Waals surface area contributed by atoms with E-state index in [0.717, 1.165) is 12.3 Å². The smallest absolute Gasteiger partial charge is 0.490 e. The Kier molecular flexibility index (Phi) is 2.82. The third-order valence-corrected chi connectivity index (χ3v) is 4.88. The van der Waals surface area contributed by atoms with Gasteiger partial charge in [0.15, 0.2) is 5.60 Å². The van der Waals surface area contributed by atoms with Crippen LogP contribution in [0.15, 0.2) is 0 Å². The fourth-order valence-corrected chi connectivity index (χ4v) is 3.77. The molecule has 20 heavy (non-hydrogen) atoms. The number of rotatable bonds is 2. The highest BCUT2D eigenvalue weighted by Gasteiger charge is 2.67. The number of hydrogen-bond acceptors (Lipinski definition) is 1. The fourth-order valence-electron chi connectivity index (χ4n) is 3.77. The predicted octanol–water partition coefficient (Wildman–Crippen LogP) is 1.35. The molecule has 5 heteroatoms. The molecule has 1 heterocycles. The van der Waals surface area contributed by atoms with E-state index in [-0.39, 0.29) is 11.5 Å². The molecule has 0 bridgehead atoms. The van der Waals surface area contributed by atoms with Crippen LogP contribution < -0.4 is 0 Å². The summed E-state index contributed by atoms with van der Waals surface area (Å²) >= 11 is 0. The highest BCUT2D eigenvalue weighted by molar-refractivity contribution is 5.81. The molecular formula is C15H25NO4+2. The second-order valence-electron chi connectivity index (χ2n) is 7.78. The van der Waals surface area contributed by atoms with Gasteiger partial charge in [0.05, 0.1) is 0 Å². The van der Waals surface area contributed by atoms with Gasteiger partial charge >= 0.3 is 12.1 Å². The number of likely N-dealkylation sites (tertiary alicyclic amines) is 1. The Morgan fingerprint density at radius 2 is 2.00 bits per heavy atom. The molecule has 5 nitrogen and oxygen atoms in total. The summed E-state index contributed by atoms with van der Waals surface area (Å²) in [6.45, 7) is 6.34. The number of amides is 1. The summed E-state index contributed by atoms with van der Waals surface area (Å²) in [4.78, 5) is 23.3. The molecule has 3 aliphatic rings. The minimum absolute atomic E-state index is 0.108.